The van der Waals surface area contributed by atoms with Gasteiger partial charge in [-0.3, -0.25) is 18.6 Å². The third kappa shape index (κ3) is 53.7. The number of hydrogen-bond donors (Lipinski definition) is 1. The van der Waals surface area contributed by atoms with Gasteiger partial charge in [0.15, 0.2) is 6.10 Å². The van der Waals surface area contributed by atoms with Crippen molar-refractivity contribution in [1.82, 2.24) is 0 Å². The Kier molecular flexibility index (Phi) is 48.4. The lowest BCUT2D eigenvalue weighted by Gasteiger charge is -2.24. The number of unbranched alkanes of at least 4 members (excludes halogenated alkanes) is 35. The standard InChI is InChI=1S/C57H110NO8P/c1-6-8-10-12-14-16-18-20-22-24-26-28-29-30-32-33-35-37-39-41-43-45-47-49-56(59)63-53-55(54-65-67(61,62)64-52-51-58(3,4)5)66-57(60)50-48-46-44-42-40-38-36-34-31-27-25-23-21-19-17-15-13-11-9-7-2/h33,35,41,43,55H,6-32,34,36-40,42,44-54H2,1-5H3/p+1/b35-33+,43-41+/t55-/m1/s1. The van der Waals surface area contributed by atoms with Gasteiger partial charge in [-0.15, -0.1) is 0 Å². The number of quaternary nitrogens is 1. The minimum absolute atomic E-state index is 0.0286. The lowest BCUT2D eigenvalue weighted by atomic mass is 10.0. The SMILES string of the molecule is CCCCCCCCCCCCCCCC/C=C/CC/C=C/CCCC(=O)OC[C@H](COP(=O)(O)OCC[N+](C)(C)C)OC(=O)CCCCCCCCCCCCCCCCCCCCCC. The van der Waals surface area contributed by atoms with Crippen molar-refractivity contribution in [2.24, 2.45) is 0 Å². The number of phosphoric acid groups is 1. The van der Waals surface area contributed by atoms with Gasteiger partial charge in [0.2, 0.25) is 0 Å². The third-order valence-corrected chi connectivity index (χ3v) is 13.7. The summed E-state index contributed by atoms with van der Waals surface area (Å²) in [6, 6.07) is 0. The number of ether oxygens (including phenoxy) is 2. The molecule has 0 aromatic rings. The molecule has 0 aromatic heterocycles. The fourth-order valence-corrected chi connectivity index (χ4v) is 9.01. The predicted molar refractivity (Wildman–Crippen MR) is 284 cm³/mol. The van der Waals surface area contributed by atoms with E-state index in [9.17, 15) is 19.0 Å². The van der Waals surface area contributed by atoms with Crippen molar-refractivity contribution in [2.75, 3.05) is 47.5 Å². The van der Waals surface area contributed by atoms with E-state index in [0.717, 1.165) is 32.1 Å². The average Bonchev–Trinajstić information content (AvgIpc) is 3.29. The summed E-state index contributed by atoms with van der Waals surface area (Å²) in [4.78, 5) is 35.6. The Labute approximate surface area is 415 Å². The zero-order valence-electron chi connectivity index (χ0n) is 44.9. The van der Waals surface area contributed by atoms with E-state index in [-0.39, 0.29) is 26.1 Å². The molecule has 0 saturated heterocycles. The van der Waals surface area contributed by atoms with Crippen molar-refractivity contribution in [3.05, 3.63) is 24.3 Å². The summed E-state index contributed by atoms with van der Waals surface area (Å²) >= 11 is 0. The quantitative estimate of drug-likeness (QED) is 0.0211. The topological polar surface area (TPSA) is 108 Å². The van der Waals surface area contributed by atoms with Gasteiger partial charge in [-0.25, -0.2) is 4.57 Å². The van der Waals surface area contributed by atoms with Crippen LogP contribution in [0.3, 0.4) is 0 Å². The number of likely N-dealkylation sites (N-methyl/N-ethyl adjacent to an activating group) is 1. The maximum Gasteiger partial charge on any atom is 0.472 e. The van der Waals surface area contributed by atoms with Gasteiger partial charge in [-0.1, -0.05) is 244 Å². The summed E-state index contributed by atoms with van der Waals surface area (Å²) in [5, 5.41) is 0. The molecule has 0 heterocycles. The van der Waals surface area contributed by atoms with Crippen LogP contribution >= 0.6 is 7.82 Å². The van der Waals surface area contributed by atoms with Crippen molar-refractivity contribution in [1.29, 1.82) is 0 Å². The molecule has 1 N–H and O–H groups in total. The Morgan fingerprint density at radius 2 is 0.791 bits per heavy atom. The number of rotatable bonds is 53. The number of carbonyl (C=O) groups is 2. The summed E-state index contributed by atoms with van der Waals surface area (Å²) in [6.45, 7) is 4.44. The number of hydrogen-bond acceptors (Lipinski definition) is 7. The average molecular weight is 969 g/mol. The molecule has 0 saturated carbocycles. The van der Waals surface area contributed by atoms with E-state index < -0.39 is 32.5 Å². The molecule has 10 heteroatoms. The molecular formula is C57H111NO8P+. The van der Waals surface area contributed by atoms with E-state index in [1.807, 2.05) is 21.1 Å². The second-order valence-corrected chi connectivity index (χ2v) is 22.1. The van der Waals surface area contributed by atoms with Crippen LogP contribution in [0.1, 0.15) is 277 Å². The molecule has 0 aliphatic heterocycles. The molecule has 0 bridgehead atoms. The van der Waals surface area contributed by atoms with Crippen molar-refractivity contribution < 1.29 is 42.1 Å². The molecule has 0 aromatic carbocycles. The number of esters is 2. The lowest BCUT2D eigenvalue weighted by Crippen LogP contribution is -2.37. The molecule has 2 atom stereocenters. The van der Waals surface area contributed by atoms with E-state index in [1.54, 1.807) is 0 Å². The molecule has 0 spiro atoms. The minimum Gasteiger partial charge on any atom is -0.462 e. The van der Waals surface area contributed by atoms with Crippen LogP contribution in [0, 0.1) is 0 Å². The normalized spacial score (nSPS) is 13.5. The van der Waals surface area contributed by atoms with Gasteiger partial charge in [0.05, 0.1) is 27.7 Å². The Hall–Kier alpha value is -1.51. The maximum atomic E-state index is 12.8. The maximum absolute atomic E-state index is 12.8. The van der Waals surface area contributed by atoms with E-state index in [1.165, 1.54) is 205 Å². The van der Waals surface area contributed by atoms with Crippen LogP contribution in [0.15, 0.2) is 24.3 Å². The van der Waals surface area contributed by atoms with E-state index in [4.69, 9.17) is 18.5 Å². The zero-order valence-corrected chi connectivity index (χ0v) is 45.8. The first-order chi connectivity index (χ1) is 32.5. The van der Waals surface area contributed by atoms with Gasteiger partial charge >= 0.3 is 19.8 Å². The molecular weight excluding hydrogens is 858 g/mol. The Balaban J connectivity index is 4.20. The number of phosphoric ester groups is 1. The number of carbonyl (C=O) groups excluding carboxylic acids is 2. The minimum atomic E-state index is -4.39. The Morgan fingerprint density at radius 1 is 0.448 bits per heavy atom. The molecule has 0 fully saturated rings. The highest BCUT2D eigenvalue weighted by Crippen LogP contribution is 2.43. The first kappa shape index (κ1) is 65.5. The van der Waals surface area contributed by atoms with Crippen LogP contribution < -0.4 is 0 Å². The van der Waals surface area contributed by atoms with Crippen LogP contribution in [0.2, 0.25) is 0 Å². The first-order valence-electron chi connectivity index (χ1n) is 28.6. The summed E-state index contributed by atoms with van der Waals surface area (Å²) in [6.07, 6.45) is 58.3. The number of nitrogens with zero attached hydrogens (tertiary/aromatic N) is 1. The van der Waals surface area contributed by atoms with E-state index in [2.05, 4.69) is 38.2 Å². The molecule has 67 heavy (non-hydrogen) atoms. The van der Waals surface area contributed by atoms with Crippen molar-refractivity contribution >= 4 is 19.8 Å². The van der Waals surface area contributed by atoms with Crippen LogP contribution in [0.4, 0.5) is 0 Å². The van der Waals surface area contributed by atoms with E-state index in [0.29, 0.717) is 23.9 Å². The molecule has 1 unspecified atom stereocenters. The van der Waals surface area contributed by atoms with E-state index >= 15 is 0 Å². The highest BCUT2D eigenvalue weighted by atomic mass is 31.2. The van der Waals surface area contributed by atoms with Gasteiger partial charge in [-0.2, -0.15) is 0 Å². The van der Waals surface area contributed by atoms with Crippen LogP contribution in [-0.2, 0) is 32.7 Å². The zero-order chi connectivity index (χ0) is 49.2. The summed E-state index contributed by atoms with van der Waals surface area (Å²) < 4.78 is 34.5. The fraction of sp³-hybridized carbons (Fsp3) is 0.895. The third-order valence-electron chi connectivity index (χ3n) is 12.7. The molecule has 0 amide bonds. The summed E-state index contributed by atoms with van der Waals surface area (Å²) in [5.74, 6) is -0.832. The molecule has 0 rings (SSSR count). The van der Waals surface area contributed by atoms with Crippen molar-refractivity contribution in [2.45, 2.75) is 283 Å². The van der Waals surface area contributed by atoms with Crippen molar-refractivity contribution in [3.8, 4) is 0 Å². The largest absolute Gasteiger partial charge is 0.472 e. The lowest BCUT2D eigenvalue weighted by molar-refractivity contribution is -0.870. The monoisotopic (exact) mass is 969 g/mol. The molecule has 0 aliphatic carbocycles. The van der Waals surface area contributed by atoms with Crippen LogP contribution in [0.5, 0.6) is 0 Å². The smallest absolute Gasteiger partial charge is 0.462 e. The first-order valence-corrected chi connectivity index (χ1v) is 30.1. The van der Waals surface area contributed by atoms with Crippen molar-refractivity contribution in [3.63, 3.8) is 0 Å². The summed E-state index contributed by atoms with van der Waals surface area (Å²) in [5.41, 5.74) is 0. The second-order valence-electron chi connectivity index (χ2n) is 20.7. The molecule has 0 aliphatic rings. The van der Waals surface area contributed by atoms with Crippen LogP contribution in [0.25, 0.3) is 0 Å². The highest BCUT2D eigenvalue weighted by molar-refractivity contribution is 7.47. The van der Waals surface area contributed by atoms with Gasteiger partial charge < -0.3 is 18.9 Å². The summed E-state index contributed by atoms with van der Waals surface area (Å²) in [7, 11) is 1.47. The molecule has 0 radical (unpaired) electrons. The second kappa shape index (κ2) is 49.5. The number of allylic oxidation sites excluding steroid dienone is 4. The Morgan fingerprint density at radius 3 is 1.19 bits per heavy atom. The molecule has 396 valence electrons. The van der Waals surface area contributed by atoms with Gasteiger partial charge in [0.1, 0.15) is 19.8 Å². The highest BCUT2D eigenvalue weighted by Gasteiger charge is 2.27. The van der Waals surface area contributed by atoms with Gasteiger partial charge in [0, 0.05) is 12.8 Å². The predicted octanol–water partition coefficient (Wildman–Crippen LogP) is 17.4. The van der Waals surface area contributed by atoms with Gasteiger partial charge in [0.25, 0.3) is 0 Å². The van der Waals surface area contributed by atoms with Gasteiger partial charge in [-0.05, 0) is 44.9 Å². The Bertz CT molecular complexity index is 1190. The fourth-order valence-electron chi connectivity index (χ4n) is 8.27. The molecule has 9 nitrogen and oxygen atoms in total. The van der Waals surface area contributed by atoms with Crippen LogP contribution in [-0.4, -0.2) is 74.9 Å².